The molecule has 1 saturated carbocycles. The normalized spacial score (nSPS) is 19.7. The number of benzene rings is 2. The Hall–Kier alpha value is -2.54. The van der Waals surface area contributed by atoms with E-state index in [0.717, 1.165) is 29.7 Å². The first-order valence-corrected chi connectivity index (χ1v) is 9.63. The minimum Gasteiger partial charge on any atom is -0.377 e. The molecule has 0 aromatic heterocycles. The van der Waals surface area contributed by atoms with Gasteiger partial charge < -0.3 is 5.32 Å². The van der Waals surface area contributed by atoms with Gasteiger partial charge in [0.1, 0.15) is 11.1 Å². The van der Waals surface area contributed by atoms with Crippen molar-refractivity contribution in [3.8, 4) is 0 Å². The number of amides is 1. The lowest BCUT2D eigenvalue weighted by molar-refractivity contribution is -0.384. The lowest BCUT2D eigenvalue weighted by atomic mass is 10.1. The zero-order chi connectivity index (χ0) is 18.3. The summed E-state index contributed by atoms with van der Waals surface area (Å²) in [7, 11) is 0. The molecule has 2 fully saturated rings. The summed E-state index contributed by atoms with van der Waals surface area (Å²) in [4.78, 5) is 25.2. The molecule has 1 amide bonds. The topological polar surface area (TPSA) is 75.5 Å². The average Bonchev–Trinajstić information content (AvgIpc) is 3.35. The van der Waals surface area contributed by atoms with Gasteiger partial charge in [0.25, 0.3) is 5.69 Å². The predicted octanol–water partition coefficient (Wildman–Crippen LogP) is 4.26. The lowest BCUT2D eigenvalue weighted by Crippen LogP contribution is -2.27. The SMILES string of the molecule is Cc1ccc(N2C(=O)CSC2c2ccc([N+](=O)[O-])c(NC3CC3)c2)cc1. The van der Waals surface area contributed by atoms with E-state index >= 15 is 0 Å². The van der Waals surface area contributed by atoms with Gasteiger partial charge in [-0.1, -0.05) is 17.7 Å². The molecule has 2 aromatic rings. The summed E-state index contributed by atoms with van der Waals surface area (Å²) in [5, 5.41) is 14.4. The molecule has 134 valence electrons. The molecule has 1 unspecified atom stereocenters. The molecule has 2 aromatic carbocycles. The van der Waals surface area contributed by atoms with Crippen LogP contribution >= 0.6 is 11.8 Å². The highest BCUT2D eigenvalue weighted by Crippen LogP contribution is 2.44. The quantitative estimate of drug-likeness (QED) is 0.630. The predicted molar refractivity (Wildman–Crippen MR) is 104 cm³/mol. The van der Waals surface area contributed by atoms with Crippen molar-refractivity contribution in [2.24, 2.45) is 0 Å². The summed E-state index contributed by atoms with van der Waals surface area (Å²) in [5.41, 5.74) is 3.51. The second kappa shape index (κ2) is 6.64. The van der Waals surface area contributed by atoms with Gasteiger partial charge in [-0.2, -0.15) is 0 Å². The third kappa shape index (κ3) is 3.26. The van der Waals surface area contributed by atoms with Crippen LogP contribution in [0.15, 0.2) is 42.5 Å². The van der Waals surface area contributed by atoms with Gasteiger partial charge >= 0.3 is 0 Å². The van der Waals surface area contributed by atoms with Gasteiger partial charge in [-0.05, 0) is 49.6 Å². The highest BCUT2D eigenvalue weighted by atomic mass is 32.2. The second-order valence-electron chi connectivity index (χ2n) is 6.71. The monoisotopic (exact) mass is 369 g/mol. The maximum atomic E-state index is 12.5. The summed E-state index contributed by atoms with van der Waals surface area (Å²) in [6, 6.07) is 13.3. The van der Waals surface area contributed by atoms with Gasteiger partial charge in [-0.3, -0.25) is 19.8 Å². The summed E-state index contributed by atoms with van der Waals surface area (Å²) in [5.74, 6) is 0.458. The number of nitrogens with one attached hydrogen (secondary N) is 1. The van der Waals surface area contributed by atoms with Gasteiger partial charge in [0.05, 0.1) is 10.7 Å². The number of nitro groups is 1. The zero-order valence-corrected chi connectivity index (χ0v) is 15.2. The molecule has 1 saturated heterocycles. The molecule has 0 spiro atoms. The van der Waals surface area contributed by atoms with Crippen LogP contribution < -0.4 is 10.2 Å². The summed E-state index contributed by atoms with van der Waals surface area (Å²) in [6.45, 7) is 2.01. The number of rotatable bonds is 5. The third-order valence-electron chi connectivity index (χ3n) is 4.62. The van der Waals surface area contributed by atoms with Crippen LogP contribution in [0, 0.1) is 17.0 Å². The fourth-order valence-electron chi connectivity index (χ4n) is 3.08. The van der Waals surface area contributed by atoms with Crippen LogP contribution in [0.25, 0.3) is 0 Å². The summed E-state index contributed by atoms with van der Waals surface area (Å²) < 4.78 is 0. The van der Waals surface area contributed by atoms with Crippen LogP contribution in [0.4, 0.5) is 17.1 Å². The van der Waals surface area contributed by atoms with E-state index in [0.29, 0.717) is 17.5 Å². The largest absolute Gasteiger partial charge is 0.377 e. The minimum absolute atomic E-state index is 0.0545. The molecule has 0 radical (unpaired) electrons. The molecule has 26 heavy (non-hydrogen) atoms. The van der Waals surface area contributed by atoms with E-state index < -0.39 is 0 Å². The second-order valence-corrected chi connectivity index (χ2v) is 7.78. The van der Waals surface area contributed by atoms with E-state index in [-0.39, 0.29) is 21.9 Å². The Bertz CT molecular complexity index is 865. The number of nitrogens with zero attached hydrogens (tertiary/aromatic N) is 2. The van der Waals surface area contributed by atoms with Crippen LogP contribution in [-0.2, 0) is 4.79 Å². The van der Waals surface area contributed by atoms with E-state index in [9.17, 15) is 14.9 Å². The molecule has 1 atom stereocenters. The summed E-state index contributed by atoms with van der Waals surface area (Å²) in [6.07, 6.45) is 2.07. The fraction of sp³-hybridized carbons (Fsp3) is 0.316. The van der Waals surface area contributed by atoms with E-state index in [1.807, 2.05) is 37.3 Å². The van der Waals surface area contributed by atoms with Crippen LogP contribution in [0.3, 0.4) is 0 Å². The van der Waals surface area contributed by atoms with Crippen molar-refractivity contribution in [3.05, 3.63) is 63.7 Å². The molecule has 2 aliphatic rings. The molecule has 1 aliphatic heterocycles. The molecular weight excluding hydrogens is 350 g/mol. The van der Waals surface area contributed by atoms with Crippen molar-refractivity contribution < 1.29 is 9.72 Å². The Labute approximate surface area is 155 Å². The first-order chi connectivity index (χ1) is 12.5. The minimum atomic E-state index is -0.362. The number of carbonyl (C=O) groups is 1. The molecule has 4 rings (SSSR count). The average molecular weight is 369 g/mol. The Morgan fingerprint density at radius 1 is 1.19 bits per heavy atom. The highest BCUT2D eigenvalue weighted by molar-refractivity contribution is 8.00. The fourth-order valence-corrected chi connectivity index (χ4v) is 4.25. The van der Waals surface area contributed by atoms with Crippen LogP contribution in [0.5, 0.6) is 0 Å². The zero-order valence-electron chi connectivity index (χ0n) is 14.3. The van der Waals surface area contributed by atoms with E-state index in [1.54, 1.807) is 22.7 Å². The van der Waals surface area contributed by atoms with Gasteiger partial charge in [0, 0.05) is 17.8 Å². The Balaban J connectivity index is 1.69. The molecule has 0 bridgehead atoms. The van der Waals surface area contributed by atoms with Crippen molar-refractivity contribution in [3.63, 3.8) is 0 Å². The smallest absolute Gasteiger partial charge is 0.292 e. The molecule has 1 heterocycles. The van der Waals surface area contributed by atoms with Crippen molar-refractivity contribution >= 4 is 34.7 Å². The van der Waals surface area contributed by atoms with Crippen LogP contribution in [0.2, 0.25) is 0 Å². The molecule has 6 nitrogen and oxygen atoms in total. The molecule has 1 N–H and O–H groups in total. The molecule has 7 heteroatoms. The molecule has 1 aliphatic carbocycles. The van der Waals surface area contributed by atoms with E-state index in [4.69, 9.17) is 0 Å². The maximum Gasteiger partial charge on any atom is 0.292 e. The Morgan fingerprint density at radius 3 is 2.58 bits per heavy atom. The first kappa shape index (κ1) is 16.9. The van der Waals surface area contributed by atoms with Crippen molar-refractivity contribution in [1.82, 2.24) is 0 Å². The Kier molecular flexibility index (Phi) is 4.32. The molecular formula is C19H19N3O3S. The van der Waals surface area contributed by atoms with Gasteiger partial charge in [-0.15, -0.1) is 11.8 Å². The highest BCUT2D eigenvalue weighted by Gasteiger charge is 2.35. The number of anilines is 2. The number of carbonyl (C=O) groups excluding carboxylic acids is 1. The number of aryl methyl sites for hydroxylation is 1. The standard InChI is InChI=1S/C19H19N3O3S/c1-12-2-7-15(8-3-12)21-18(23)11-26-19(21)13-4-9-17(22(24)25)16(10-13)20-14-5-6-14/h2-4,7-10,14,19-20H,5-6,11H2,1H3. The van der Waals surface area contributed by atoms with Crippen molar-refractivity contribution in [1.29, 1.82) is 0 Å². The van der Waals surface area contributed by atoms with E-state index in [2.05, 4.69) is 5.32 Å². The van der Waals surface area contributed by atoms with Crippen molar-refractivity contribution in [2.45, 2.75) is 31.2 Å². The maximum absolute atomic E-state index is 12.5. The van der Waals surface area contributed by atoms with Gasteiger partial charge in [0.15, 0.2) is 0 Å². The first-order valence-electron chi connectivity index (χ1n) is 8.58. The number of hydrogen-bond donors (Lipinski definition) is 1. The lowest BCUT2D eigenvalue weighted by Gasteiger charge is -2.25. The third-order valence-corrected chi connectivity index (χ3v) is 5.83. The number of hydrogen-bond acceptors (Lipinski definition) is 5. The van der Waals surface area contributed by atoms with Crippen LogP contribution in [-0.4, -0.2) is 22.6 Å². The number of nitro benzene ring substituents is 1. The van der Waals surface area contributed by atoms with Crippen LogP contribution in [0.1, 0.15) is 29.3 Å². The van der Waals surface area contributed by atoms with E-state index in [1.165, 1.54) is 6.07 Å². The Morgan fingerprint density at radius 2 is 1.92 bits per heavy atom. The van der Waals surface area contributed by atoms with Gasteiger partial charge in [-0.25, -0.2) is 0 Å². The summed E-state index contributed by atoms with van der Waals surface area (Å²) >= 11 is 1.55. The number of thioether (sulfide) groups is 1. The van der Waals surface area contributed by atoms with Crippen molar-refractivity contribution in [2.75, 3.05) is 16.0 Å². The van der Waals surface area contributed by atoms with Gasteiger partial charge in [0.2, 0.25) is 5.91 Å².